The van der Waals surface area contributed by atoms with E-state index in [4.69, 9.17) is 9.72 Å². The predicted molar refractivity (Wildman–Crippen MR) is 149 cm³/mol. The van der Waals surface area contributed by atoms with Crippen LogP contribution in [0, 0.1) is 0 Å². The van der Waals surface area contributed by atoms with Crippen LogP contribution in [0.5, 0.6) is 5.75 Å². The third kappa shape index (κ3) is 6.76. The molecule has 1 aromatic heterocycles. The van der Waals surface area contributed by atoms with Crippen LogP contribution < -0.4 is 15.6 Å². The first-order valence-electron chi connectivity index (χ1n) is 13.3. The number of benzene rings is 3. The van der Waals surface area contributed by atoms with Gasteiger partial charge in [0, 0.05) is 12.2 Å². The number of halogens is 6. The summed E-state index contributed by atoms with van der Waals surface area (Å²) in [4.78, 5) is 33.4. The molecule has 4 rings (SSSR count). The van der Waals surface area contributed by atoms with E-state index in [-0.39, 0.29) is 24.9 Å². The van der Waals surface area contributed by atoms with Gasteiger partial charge in [-0.1, -0.05) is 26.0 Å². The topological polar surface area (TPSA) is 76.5 Å². The Hall–Kier alpha value is -4.55. The number of urea groups is 1. The zero-order valence-electron chi connectivity index (χ0n) is 23.4. The predicted octanol–water partition coefficient (Wildman–Crippen LogP) is 7.83. The summed E-state index contributed by atoms with van der Waals surface area (Å²) in [6.07, 6.45) is -9.57. The molecule has 0 bridgehead atoms. The van der Waals surface area contributed by atoms with Gasteiger partial charge >= 0.3 is 18.4 Å². The fourth-order valence-corrected chi connectivity index (χ4v) is 4.76. The van der Waals surface area contributed by atoms with Gasteiger partial charge in [0.1, 0.15) is 11.6 Å². The molecule has 0 aliphatic heterocycles. The molecule has 1 atom stereocenters. The van der Waals surface area contributed by atoms with Gasteiger partial charge in [-0.3, -0.25) is 9.36 Å². The molecular weight excluding hydrogens is 578 g/mol. The Morgan fingerprint density at radius 1 is 0.953 bits per heavy atom. The molecule has 0 saturated heterocycles. The number of fused-ring (bicyclic) bond motifs is 1. The Bertz CT molecular complexity index is 1630. The van der Waals surface area contributed by atoms with Crippen LogP contribution in [0.1, 0.15) is 49.7 Å². The number of carbonyl (C=O) groups is 1. The molecule has 1 heterocycles. The Morgan fingerprint density at radius 3 is 2.09 bits per heavy atom. The highest BCUT2D eigenvalue weighted by molar-refractivity contribution is 5.90. The van der Waals surface area contributed by atoms with E-state index in [2.05, 4.69) is 5.32 Å². The number of rotatable bonds is 8. The number of carbonyl (C=O) groups excluding carboxylic acids is 1. The number of methoxy groups -OCH3 is 1. The molecule has 228 valence electrons. The van der Waals surface area contributed by atoms with Crippen LogP contribution in [-0.4, -0.2) is 34.1 Å². The van der Waals surface area contributed by atoms with E-state index in [0.717, 1.165) is 0 Å². The standard InChI is InChI=1S/C30H28F6N4O3/c1-4-14-39(28(42)37-20-16-18(29(31,32)33)15-19(17-20)30(34,35)36)25(5-2)26-38-24-9-7-6-8-23(24)27(41)40(26)21-10-12-22(43-3)13-11-21/h6-13,15-17,25H,4-5,14H2,1-3H3,(H,37,42). The van der Waals surface area contributed by atoms with Crippen LogP contribution >= 0.6 is 0 Å². The lowest BCUT2D eigenvalue weighted by molar-refractivity contribution is -0.143. The average molecular weight is 607 g/mol. The first kappa shape index (κ1) is 31.4. The van der Waals surface area contributed by atoms with Gasteiger partial charge in [-0.05, 0) is 67.4 Å². The maximum absolute atomic E-state index is 13.8. The summed E-state index contributed by atoms with van der Waals surface area (Å²) in [5, 5.41) is 2.53. The molecule has 4 aromatic rings. The van der Waals surface area contributed by atoms with Gasteiger partial charge in [0.25, 0.3) is 5.56 Å². The first-order chi connectivity index (χ1) is 20.3. The van der Waals surface area contributed by atoms with Gasteiger partial charge in [0.15, 0.2) is 0 Å². The van der Waals surface area contributed by atoms with E-state index in [1.54, 1.807) is 62.4 Å². The zero-order valence-corrected chi connectivity index (χ0v) is 23.4. The minimum absolute atomic E-state index is 0.0130. The second-order valence-electron chi connectivity index (χ2n) is 9.67. The lowest BCUT2D eigenvalue weighted by Crippen LogP contribution is -2.41. The maximum Gasteiger partial charge on any atom is 0.416 e. The van der Waals surface area contributed by atoms with Gasteiger partial charge < -0.3 is 15.0 Å². The van der Waals surface area contributed by atoms with E-state index in [1.165, 1.54) is 16.6 Å². The summed E-state index contributed by atoms with van der Waals surface area (Å²) >= 11 is 0. The molecule has 1 unspecified atom stereocenters. The van der Waals surface area contributed by atoms with Crippen molar-refractivity contribution < 1.29 is 35.9 Å². The van der Waals surface area contributed by atoms with Crippen LogP contribution in [0.2, 0.25) is 0 Å². The average Bonchev–Trinajstić information content (AvgIpc) is 2.96. The van der Waals surface area contributed by atoms with Gasteiger partial charge in [0.05, 0.1) is 40.9 Å². The molecule has 7 nitrogen and oxygen atoms in total. The van der Waals surface area contributed by atoms with E-state index in [9.17, 15) is 35.9 Å². The largest absolute Gasteiger partial charge is 0.497 e. The van der Waals surface area contributed by atoms with Crippen molar-refractivity contribution in [3.05, 3.63) is 94.0 Å². The molecule has 0 saturated carbocycles. The molecule has 3 aromatic carbocycles. The SMILES string of the molecule is CCCN(C(=O)Nc1cc(C(F)(F)F)cc(C(F)(F)F)c1)C(CC)c1nc2ccccc2c(=O)n1-c1ccc(OC)cc1. The van der Waals surface area contributed by atoms with Crippen molar-refractivity contribution in [2.24, 2.45) is 0 Å². The lowest BCUT2D eigenvalue weighted by Gasteiger charge is -2.32. The summed E-state index contributed by atoms with van der Waals surface area (Å²) in [6.45, 7) is 3.54. The smallest absolute Gasteiger partial charge is 0.416 e. The van der Waals surface area contributed by atoms with Gasteiger partial charge in [0.2, 0.25) is 0 Å². The number of nitrogens with zero attached hydrogens (tertiary/aromatic N) is 3. The Kier molecular flexibility index (Phi) is 9.02. The van der Waals surface area contributed by atoms with Gasteiger partial charge in [-0.25, -0.2) is 9.78 Å². The Labute approximate surface area is 242 Å². The molecule has 0 spiro atoms. The van der Waals surface area contributed by atoms with Crippen molar-refractivity contribution in [3.8, 4) is 11.4 Å². The number of ether oxygens (including phenoxy) is 1. The highest BCUT2D eigenvalue weighted by atomic mass is 19.4. The van der Waals surface area contributed by atoms with Crippen LogP contribution in [0.3, 0.4) is 0 Å². The molecule has 0 radical (unpaired) electrons. The number of para-hydroxylation sites is 1. The van der Waals surface area contributed by atoms with E-state index in [1.807, 2.05) is 0 Å². The summed E-state index contributed by atoms with van der Waals surface area (Å²) in [6, 6.07) is 12.2. The number of hydrogen-bond donors (Lipinski definition) is 1. The lowest BCUT2D eigenvalue weighted by atomic mass is 10.1. The summed E-state index contributed by atoms with van der Waals surface area (Å²) in [7, 11) is 1.49. The number of hydrogen-bond acceptors (Lipinski definition) is 4. The normalized spacial score (nSPS) is 12.7. The van der Waals surface area contributed by atoms with Gasteiger partial charge in [-0.2, -0.15) is 26.3 Å². The van der Waals surface area contributed by atoms with Crippen molar-refractivity contribution in [1.82, 2.24) is 14.5 Å². The quantitative estimate of drug-likeness (QED) is 0.208. The third-order valence-corrected chi connectivity index (χ3v) is 6.76. The third-order valence-electron chi connectivity index (χ3n) is 6.76. The maximum atomic E-state index is 13.8. The summed E-state index contributed by atoms with van der Waals surface area (Å²) < 4.78 is 87.2. The minimum Gasteiger partial charge on any atom is -0.497 e. The van der Waals surface area contributed by atoms with Crippen LogP contribution in [0.4, 0.5) is 36.8 Å². The van der Waals surface area contributed by atoms with Crippen molar-refractivity contribution in [3.63, 3.8) is 0 Å². The van der Waals surface area contributed by atoms with Crippen LogP contribution in [0.25, 0.3) is 16.6 Å². The monoisotopic (exact) mass is 606 g/mol. The number of nitrogens with one attached hydrogen (secondary N) is 1. The molecule has 43 heavy (non-hydrogen) atoms. The molecule has 0 fully saturated rings. The summed E-state index contributed by atoms with van der Waals surface area (Å²) in [5.41, 5.74) is -3.44. The highest BCUT2D eigenvalue weighted by Crippen LogP contribution is 2.38. The van der Waals surface area contributed by atoms with E-state index in [0.29, 0.717) is 40.9 Å². The second kappa shape index (κ2) is 12.4. The van der Waals surface area contributed by atoms with Crippen molar-refractivity contribution in [2.75, 3.05) is 19.0 Å². The zero-order chi connectivity index (χ0) is 31.5. The fraction of sp³-hybridized carbons (Fsp3) is 0.300. The number of anilines is 1. The molecule has 0 aliphatic carbocycles. The van der Waals surface area contributed by atoms with Crippen LogP contribution in [0.15, 0.2) is 71.5 Å². The highest BCUT2D eigenvalue weighted by Gasteiger charge is 2.37. The first-order valence-corrected chi connectivity index (χ1v) is 13.3. The number of aromatic nitrogens is 2. The number of alkyl halides is 6. The fourth-order valence-electron chi connectivity index (χ4n) is 4.76. The van der Waals surface area contributed by atoms with Crippen molar-refractivity contribution in [1.29, 1.82) is 0 Å². The Morgan fingerprint density at radius 2 is 1.56 bits per heavy atom. The molecule has 0 aliphatic rings. The van der Waals surface area contributed by atoms with E-state index < -0.39 is 46.8 Å². The molecular formula is C30H28F6N4O3. The van der Waals surface area contributed by atoms with Gasteiger partial charge in [-0.15, -0.1) is 0 Å². The number of amides is 2. The van der Waals surface area contributed by atoms with Crippen molar-refractivity contribution in [2.45, 2.75) is 45.1 Å². The Balaban J connectivity index is 1.84. The summed E-state index contributed by atoms with van der Waals surface area (Å²) in [5.74, 6) is 0.699. The van der Waals surface area contributed by atoms with Crippen molar-refractivity contribution >= 4 is 22.6 Å². The molecule has 2 amide bonds. The minimum atomic E-state index is -5.08. The molecule has 13 heteroatoms. The van der Waals surface area contributed by atoms with Crippen LogP contribution in [-0.2, 0) is 12.4 Å². The molecule has 1 N–H and O–H groups in total. The second-order valence-corrected chi connectivity index (χ2v) is 9.67. The van der Waals surface area contributed by atoms with E-state index >= 15 is 0 Å².